The first kappa shape index (κ1) is 32.2. The summed E-state index contributed by atoms with van der Waals surface area (Å²) in [6.07, 6.45) is -3.38. The molecular weight excluding hydrogens is 611 g/mol. The average Bonchev–Trinajstić information content (AvgIpc) is 3.37. The number of benzene rings is 3. The lowest BCUT2D eigenvalue weighted by atomic mass is 9.91. The van der Waals surface area contributed by atoms with Crippen LogP contribution in [0.2, 0.25) is 5.02 Å². The Morgan fingerprint density at radius 3 is 2.47 bits per heavy atom. The molecule has 2 N–H and O–H groups in total. The summed E-state index contributed by atoms with van der Waals surface area (Å²) in [4.78, 5) is 16.1. The van der Waals surface area contributed by atoms with Gasteiger partial charge >= 0.3 is 12.1 Å². The minimum absolute atomic E-state index is 0.148. The Bertz CT molecular complexity index is 1740. The van der Waals surface area contributed by atoms with Crippen LogP contribution < -0.4 is 9.47 Å². The molecule has 3 aromatic carbocycles. The molecule has 4 aromatic rings. The highest BCUT2D eigenvalue weighted by Crippen LogP contribution is 2.44. The van der Waals surface area contributed by atoms with Crippen molar-refractivity contribution in [2.24, 2.45) is 0 Å². The van der Waals surface area contributed by atoms with Crippen LogP contribution in [0.15, 0.2) is 66.9 Å². The number of β-amino-alcohol motifs (C(OH)–C–C–N with tert-alkyl or cyclic N) is 1. The number of aromatic nitrogens is 1. The Kier molecular flexibility index (Phi) is 9.30. The molecule has 0 amide bonds. The summed E-state index contributed by atoms with van der Waals surface area (Å²) in [5.41, 5.74) is -1.62. The van der Waals surface area contributed by atoms with Crippen LogP contribution in [0.3, 0.4) is 0 Å². The summed E-state index contributed by atoms with van der Waals surface area (Å²) in [6, 6.07) is 16.3. The number of nitrogens with zero attached hydrogens (tertiary/aromatic N) is 3. The molecule has 8 nitrogen and oxygen atoms in total. The van der Waals surface area contributed by atoms with Gasteiger partial charge in [0.25, 0.3) is 0 Å². The normalized spacial score (nSPS) is 15.8. The molecule has 1 aliphatic heterocycles. The molecule has 12 heteroatoms. The van der Waals surface area contributed by atoms with Crippen molar-refractivity contribution >= 4 is 34.2 Å². The molecule has 1 aromatic heterocycles. The number of carboxylic acid groups (broad SMARTS) is 1. The molecule has 0 radical (unpaired) electrons. The SMILES string of the molecule is [C-]#[N+]c1ccc2c(C(O)(CN3CCC(Oc4ccc(CC(=O)O)cc4OC)CC3)C(F)(F)F)cn(Cc3ccccc3Cl)c2c1. The predicted molar refractivity (Wildman–Crippen MR) is 163 cm³/mol. The summed E-state index contributed by atoms with van der Waals surface area (Å²) in [5, 5.41) is 21.2. The minimum atomic E-state index is -5.01. The molecule has 0 spiro atoms. The van der Waals surface area contributed by atoms with Crippen molar-refractivity contribution < 1.29 is 37.7 Å². The lowest BCUT2D eigenvalue weighted by molar-refractivity contribution is -0.272. The highest BCUT2D eigenvalue weighted by atomic mass is 35.5. The predicted octanol–water partition coefficient (Wildman–Crippen LogP) is 6.82. The summed E-state index contributed by atoms with van der Waals surface area (Å²) in [7, 11) is 1.45. The Hall–Kier alpha value is -4.24. The van der Waals surface area contributed by atoms with Crippen molar-refractivity contribution in [2.45, 2.75) is 43.7 Å². The lowest BCUT2D eigenvalue weighted by Crippen LogP contribution is -2.53. The van der Waals surface area contributed by atoms with Crippen molar-refractivity contribution in [3.05, 3.63) is 100.0 Å². The molecule has 236 valence electrons. The smallest absolute Gasteiger partial charge is 0.422 e. The molecule has 0 saturated carbocycles. The van der Waals surface area contributed by atoms with E-state index in [2.05, 4.69) is 4.85 Å². The van der Waals surface area contributed by atoms with E-state index in [1.807, 2.05) is 0 Å². The number of fused-ring (bicyclic) bond motifs is 1. The maximum Gasteiger partial charge on any atom is 0.422 e. The van der Waals surface area contributed by atoms with E-state index in [1.165, 1.54) is 31.5 Å². The van der Waals surface area contributed by atoms with Gasteiger partial charge in [0, 0.05) is 53.9 Å². The molecule has 1 saturated heterocycles. The van der Waals surface area contributed by atoms with Crippen LogP contribution in [-0.4, -0.2) is 64.7 Å². The van der Waals surface area contributed by atoms with Gasteiger partial charge in [-0.05, 0) is 48.2 Å². The van der Waals surface area contributed by atoms with Crippen LogP contribution >= 0.6 is 11.6 Å². The van der Waals surface area contributed by atoms with Gasteiger partial charge in [-0.2, -0.15) is 13.2 Å². The number of methoxy groups -OCH3 is 1. The fourth-order valence-electron chi connectivity index (χ4n) is 5.73. The molecular formula is C33H31ClF3N3O5. The monoisotopic (exact) mass is 641 g/mol. The quantitative estimate of drug-likeness (QED) is 0.185. The van der Waals surface area contributed by atoms with E-state index in [0.29, 0.717) is 46.0 Å². The van der Waals surface area contributed by atoms with E-state index in [9.17, 15) is 23.1 Å². The van der Waals surface area contributed by atoms with Crippen LogP contribution in [0.1, 0.15) is 29.5 Å². The van der Waals surface area contributed by atoms with E-state index in [0.717, 1.165) is 0 Å². The van der Waals surface area contributed by atoms with E-state index >= 15 is 0 Å². The van der Waals surface area contributed by atoms with Crippen LogP contribution in [0.5, 0.6) is 11.5 Å². The number of ether oxygens (including phenoxy) is 2. The van der Waals surface area contributed by atoms with Crippen molar-refractivity contribution in [1.29, 1.82) is 0 Å². The number of rotatable bonds is 10. The summed E-state index contributed by atoms with van der Waals surface area (Å²) < 4.78 is 57.6. The summed E-state index contributed by atoms with van der Waals surface area (Å²) >= 11 is 6.35. The number of aliphatic hydroxyl groups is 1. The Balaban J connectivity index is 1.38. The van der Waals surface area contributed by atoms with E-state index in [1.54, 1.807) is 51.9 Å². The fraction of sp³-hybridized carbons (Fsp3) is 0.333. The fourth-order valence-corrected chi connectivity index (χ4v) is 5.93. The van der Waals surface area contributed by atoms with Crippen LogP contribution in [-0.2, 0) is 23.4 Å². The second-order valence-corrected chi connectivity index (χ2v) is 11.5. The van der Waals surface area contributed by atoms with E-state index in [4.69, 9.17) is 32.8 Å². The molecule has 0 bridgehead atoms. The first-order valence-corrected chi connectivity index (χ1v) is 14.6. The average molecular weight is 642 g/mol. The number of hydrogen-bond donors (Lipinski definition) is 2. The maximum absolute atomic E-state index is 14.8. The summed E-state index contributed by atoms with van der Waals surface area (Å²) in [5.74, 6) is -0.186. The number of carbonyl (C=O) groups is 1. The molecule has 5 rings (SSSR count). The van der Waals surface area contributed by atoms with Gasteiger partial charge in [0.2, 0.25) is 5.60 Å². The molecule has 2 heterocycles. The van der Waals surface area contributed by atoms with Gasteiger partial charge in [0.1, 0.15) is 6.10 Å². The van der Waals surface area contributed by atoms with Crippen LogP contribution in [0, 0.1) is 6.57 Å². The van der Waals surface area contributed by atoms with Gasteiger partial charge in [-0.1, -0.05) is 48.0 Å². The highest BCUT2D eigenvalue weighted by Gasteiger charge is 2.57. The lowest BCUT2D eigenvalue weighted by Gasteiger charge is -2.39. The zero-order valence-electron chi connectivity index (χ0n) is 24.4. The highest BCUT2D eigenvalue weighted by molar-refractivity contribution is 6.31. The van der Waals surface area contributed by atoms with E-state index in [-0.39, 0.29) is 48.8 Å². The third kappa shape index (κ3) is 6.88. The van der Waals surface area contributed by atoms with Crippen LogP contribution in [0.4, 0.5) is 18.9 Å². The second kappa shape index (κ2) is 13.0. The number of halogens is 4. The van der Waals surface area contributed by atoms with Gasteiger partial charge in [0.15, 0.2) is 17.2 Å². The van der Waals surface area contributed by atoms with Gasteiger partial charge in [-0.3, -0.25) is 9.69 Å². The first-order valence-electron chi connectivity index (χ1n) is 14.2. The molecule has 45 heavy (non-hydrogen) atoms. The topological polar surface area (TPSA) is 88.5 Å². The zero-order valence-corrected chi connectivity index (χ0v) is 25.1. The van der Waals surface area contributed by atoms with Crippen molar-refractivity contribution in [3.63, 3.8) is 0 Å². The van der Waals surface area contributed by atoms with Crippen molar-refractivity contribution in [1.82, 2.24) is 9.47 Å². The van der Waals surface area contributed by atoms with Gasteiger partial charge in [-0.15, -0.1) is 0 Å². The minimum Gasteiger partial charge on any atom is -0.493 e. The standard InChI is InChI=1S/C33H31ClF3N3O5/c1-38-23-8-9-25-26(19-40(28(25)17-23)18-22-5-3-4-6-27(22)34)32(43,33(35,36)37)20-39-13-11-24(12-14-39)45-29-10-7-21(16-31(41)42)15-30(29)44-2/h3-10,15,17,19,24,43H,11-14,16,18,20H2,2H3,(H,41,42). The number of hydrogen-bond acceptors (Lipinski definition) is 5. The zero-order chi connectivity index (χ0) is 32.4. The number of likely N-dealkylation sites (tertiary alicyclic amines) is 1. The molecule has 1 unspecified atom stereocenters. The van der Waals surface area contributed by atoms with E-state index < -0.39 is 24.3 Å². The van der Waals surface area contributed by atoms with Crippen molar-refractivity contribution in [2.75, 3.05) is 26.7 Å². The third-order valence-electron chi connectivity index (χ3n) is 8.07. The van der Waals surface area contributed by atoms with Crippen molar-refractivity contribution in [3.8, 4) is 11.5 Å². The Labute approximate surface area is 263 Å². The molecule has 1 aliphatic rings. The van der Waals surface area contributed by atoms with Gasteiger partial charge in [-0.25, -0.2) is 4.85 Å². The summed E-state index contributed by atoms with van der Waals surface area (Å²) in [6.45, 7) is 7.34. The number of alkyl halides is 3. The number of piperidine rings is 1. The number of carboxylic acids is 1. The largest absolute Gasteiger partial charge is 0.493 e. The van der Waals surface area contributed by atoms with Crippen LogP contribution in [0.25, 0.3) is 15.7 Å². The third-order valence-corrected chi connectivity index (χ3v) is 8.44. The second-order valence-electron chi connectivity index (χ2n) is 11.1. The Morgan fingerprint density at radius 1 is 1.09 bits per heavy atom. The van der Waals surface area contributed by atoms with Gasteiger partial charge in [0.05, 0.1) is 20.1 Å². The molecule has 1 atom stereocenters. The first-order chi connectivity index (χ1) is 21.4. The maximum atomic E-state index is 14.8. The Morgan fingerprint density at radius 2 is 1.82 bits per heavy atom. The molecule has 0 aliphatic carbocycles. The molecule has 1 fully saturated rings. The van der Waals surface area contributed by atoms with Gasteiger partial charge < -0.3 is 24.3 Å². The number of aliphatic carboxylic acids is 1.